The summed E-state index contributed by atoms with van der Waals surface area (Å²) < 4.78 is 39.1. The van der Waals surface area contributed by atoms with Crippen LogP contribution >= 0.6 is 11.6 Å². The molecule has 1 heterocycles. The molecule has 0 aliphatic heterocycles. The molecule has 2 N–H and O–H groups in total. The Labute approximate surface area is 95.4 Å². The number of carbonyl (C=O) groups excluding carboxylic acids is 1. The fourth-order valence-electron chi connectivity index (χ4n) is 0.837. The first kappa shape index (κ1) is 13.3. The number of nitrogens with one attached hydrogen (secondary N) is 2. The molecule has 17 heavy (non-hydrogen) atoms. The summed E-state index contributed by atoms with van der Waals surface area (Å²) in [7, 11) is 0. The number of esters is 1. The van der Waals surface area contributed by atoms with E-state index < -0.39 is 40.7 Å². The van der Waals surface area contributed by atoms with Crippen molar-refractivity contribution in [2.45, 2.75) is 12.8 Å². The second-order valence-electron chi connectivity index (χ2n) is 2.77. The lowest BCUT2D eigenvalue weighted by molar-refractivity contribution is -0.201. The number of ether oxygens (including phenoxy) is 1. The zero-order chi connectivity index (χ0) is 13.2. The lowest BCUT2D eigenvalue weighted by atomic mass is 10.4. The van der Waals surface area contributed by atoms with Crippen molar-refractivity contribution in [3.8, 4) is 0 Å². The molecule has 94 valence electrons. The van der Waals surface area contributed by atoms with Crippen molar-refractivity contribution in [2.75, 3.05) is 0 Å². The third kappa shape index (κ3) is 3.34. The minimum Gasteiger partial charge on any atom is -0.453 e. The van der Waals surface area contributed by atoms with Gasteiger partial charge in [-0.15, -0.1) is 0 Å². The highest BCUT2D eigenvalue weighted by atomic mass is 35.5. The van der Waals surface area contributed by atoms with Gasteiger partial charge >= 0.3 is 17.8 Å². The number of aromatic amines is 2. The SMILES string of the molecule is O=C(OCc1[nH]c(=O)[nH]c(=O)c1Cl)C(F)(F)F. The van der Waals surface area contributed by atoms with Gasteiger partial charge in [0.05, 0.1) is 5.69 Å². The normalized spacial score (nSPS) is 11.3. The molecular formula is C7H4ClF3N2O4. The van der Waals surface area contributed by atoms with Crippen LogP contribution in [0.4, 0.5) is 13.2 Å². The van der Waals surface area contributed by atoms with Crippen LogP contribution in [0.2, 0.25) is 5.02 Å². The number of rotatable bonds is 2. The molecule has 0 spiro atoms. The van der Waals surface area contributed by atoms with Crippen LogP contribution in [0.3, 0.4) is 0 Å². The predicted molar refractivity (Wildman–Crippen MR) is 48.5 cm³/mol. The summed E-state index contributed by atoms with van der Waals surface area (Å²) >= 11 is 5.38. The number of hydrogen-bond donors (Lipinski definition) is 2. The number of carbonyl (C=O) groups is 1. The Morgan fingerprint density at radius 1 is 1.29 bits per heavy atom. The van der Waals surface area contributed by atoms with Crippen LogP contribution in [-0.4, -0.2) is 22.1 Å². The summed E-state index contributed by atoms with van der Waals surface area (Å²) in [6, 6.07) is 0. The van der Waals surface area contributed by atoms with Crippen molar-refractivity contribution >= 4 is 17.6 Å². The number of aromatic nitrogens is 2. The van der Waals surface area contributed by atoms with E-state index in [1.165, 1.54) is 0 Å². The van der Waals surface area contributed by atoms with Crippen LogP contribution in [0.15, 0.2) is 9.59 Å². The molecule has 0 saturated carbocycles. The maximum Gasteiger partial charge on any atom is 0.490 e. The van der Waals surface area contributed by atoms with Gasteiger partial charge in [0, 0.05) is 0 Å². The molecule has 0 fully saturated rings. The van der Waals surface area contributed by atoms with Crippen LogP contribution in [0.5, 0.6) is 0 Å². The van der Waals surface area contributed by atoms with E-state index in [9.17, 15) is 27.6 Å². The summed E-state index contributed by atoms with van der Waals surface area (Å²) in [4.78, 5) is 35.7. The quantitative estimate of drug-likeness (QED) is 0.759. The fourth-order valence-corrected chi connectivity index (χ4v) is 0.986. The van der Waals surface area contributed by atoms with Gasteiger partial charge in [0.25, 0.3) is 5.56 Å². The zero-order valence-corrected chi connectivity index (χ0v) is 8.61. The third-order valence-corrected chi connectivity index (χ3v) is 1.93. The highest BCUT2D eigenvalue weighted by Crippen LogP contribution is 2.17. The minimum absolute atomic E-state index is 0.419. The first-order valence-corrected chi connectivity index (χ1v) is 4.34. The Kier molecular flexibility index (Phi) is 3.61. The lowest BCUT2D eigenvalue weighted by Gasteiger charge is -2.07. The number of H-pyrrole nitrogens is 2. The average molecular weight is 273 g/mol. The second kappa shape index (κ2) is 4.62. The van der Waals surface area contributed by atoms with Gasteiger partial charge in [0.15, 0.2) is 0 Å². The van der Waals surface area contributed by atoms with Crippen molar-refractivity contribution in [1.82, 2.24) is 9.97 Å². The topological polar surface area (TPSA) is 92.0 Å². The molecule has 1 aromatic heterocycles. The maximum absolute atomic E-state index is 11.8. The highest BCUT2D eigenvalue weighted by Gasteiger charge is 2.41. The Hall–Kier alpha value is -1.77. The summed E-state index contributed by atoms with van der Waals surface area (Å²) in [5.74, 6) is -2.45. The first-order valence-electron chi connectivity index (χ1n) is 3.96. The number of halogens is 4. The predicted octanol–water partition coefficient (Wildman–Crippen LogP) is 0.322. The molecule has 1 rings (SSSR count). The van der Waals surface area contributed by atoms with Gasteiger partial charge in [0.2, 0.25) is 0 Å². The van der Waals surface area contributed by atoms with Gasteiger partial charge in [-0.25, -0.2) is 9.59 Å². The standard InChI is InChI=1S/C7H4ClF3N2O4/c8-3-2(12-6(16)13-4(3)14)1-17-5(15)7(9,10)11/h1H2,(H2,12,13,14,16). The van der Waals surface area contributed by atoms with E-state index in [2.05, 4.69) is 4.74 Å². The van der Waals surface area contributed by atoms with E-state index in [4.69, 9.17) is 11.6 Å². The fraction of sp³-hybridized carbons (Fsp3) is 0.286. The van der Waals surface area contributed by atoms with Gasteiger partial charge in [-0.3, -0.25) is 9.78 Å². The molecule has 0 aliphatic carbocycles. The van der Waals surface area contributed by atoms with E-state index in [1.54, 1.807) is 4.98 Å². The molecule has 0 unspecified atom stereocenters. The molecule has 0 aliphatic rings. The van der Waals surface area contributed by atoms with Gasteiger partial charge in [-0.1, -0.05) is 11.6 Å². The van der Waals surface area contributed by atoms with Crippen LogP contribution in [0.25, 0.3) is 0 Å². The Bertz CT molecular complexity index is 547. The van der Waals surface area contributed by atoms with Crippen LogP contribution in [-0.2, 0) is 16.1 Å². The molecular weight excluding hydrogens is 269 g/mol. The Morgan fingerprint density at radius 2 is 1.88 bits per heavy atom. The van der Waals surface area contributed by atoms with Gasteiger partial charge < -0.3 is 9.72 Å². The zero-order valence-electron chi connectivity index (χ0n) is 7.85. The summed E-state index contributed by atoms with van der Waals surface area (Å²) in [5.41, 5.74) is -2.39. The van der Waals surface area contributed by atoms with E-state index in [0.29, 0.717) is 0 Å². The molecule has 0 bridgehead atoms. The van der Waals surface area contributed by atoms with Crippen LogP contribution in [0.1, 0.15) is 5.69 Å². The van der Waals surface area contributed by atoms with E-state index >= 15 is 0 Å². The molecule has 1 aromatic rings. The largest absolute Gasteiger partial charge is 0.490 e. The van der Waals surface area contributed by atoms with E-state index in [1.807, 2.05) is 4.98 Å². The van der Waals surface area contributed by atoms with Crippen molar-refractivity contribution in [3.05, 3.63) is 31.6 Å². The van der Waals surface area contributed by atoms with Gasteiger partial charge in [0.1, 0.15) is 11.6 Å². The first-order chi connectivity index (χ1) is 7.71. The highest BCUT2D eigenvalue weighted by molar-refractivity contribution is 6.30. The van der Waals surface area contributed by atoms with Crippen LogP contribution in [0, 0.1) is 0 Å². The van der Waals surface area contributed by atoms with E-state index in [-0.39, 0.29) is 0 Å². The number of alkyl halides is 3. The maximum atomic E-state index is 11.8. The monoisotopic (exact) mass is 272 g/mol. The summed E-state index contributed by atoms with van der Waals surface area (Å²) in [5, 5.41) is -0.556. The summed E-state index contributed by atoms with van der Waals surface area (Å²) in [6.45, 7) is -0.962. The van der Waals surface area contributed by atoms with E-state index in [0.717, 1.165) is 0 Å². The van der Waals surface area contributed by atoms with Crippen molar-refractivity contribution in [2.24, 2.45) is 0 Å². The molecule has 0 aromatic carbocycles. The Balaban J connectivity index is 2.88. The molecule has 10 heteroatoms. The molecule has 0 amide bonds. The molecule has 0 atom stereocenters. The average Bonchev–Trinajstić information content (AvgIpc) is 2.19. The van der Waals surface area contributed by atoms with Crippen molar-refractivity contribution in [1.29, 1.82) is 0 Å². The Morgan fingerprint density at radius 3 is 2.41 bits per heavy atom. The number of hydrogen-bond acceptors (Lipinski definition) is 4. The van der Waals surface area contributed by atoms with Crippen molar-refractivity contribution < 1.29 is 22.7 Å². The second-order valence-corrected chi connectivity index (χ2v) is 3.15. The van der Waals surface area contributed by atoms with Gasteiger partial charge in [-0.2, -0.15) is 13.2 Å². The molecule has 6 nitrogen and oxygen atoms in total. The smallest absolute Gasteiger partial charge is 0.453 e. The minimum atomic E-state index is -5.16. The van der Waals surface area contributed by atoms with Crippen LogP contribution < -0.4 is 11.2 Å². The van der Waals surface area contributed by atoms with Gasteiger partial charge in [-0.05, 0) is 0 Å². The summed E-state index contributed by atoms with van der Waals surface area (Å²) in [6.07, 6.45) is -5.16. The molecule has 0 saturated heterocycles. The van der Waals surface area contributed by atoms with Crippen molar-refractivity contribution in [3.63, 3.8) is 0 Å². The lowest BCUT2D eigenvalue weighted by Crippen LogP contribution is -2.28. The third-order valence-electron chi connectivity index (χ3n) is 1.53. The molecule has 0 radical (unpaired) electrons.